The first kappa shape index (κ1) is 13.2. The first-order chi connectivity index (χ1) is 8.53. The maximum Gasteiger partial charge on any atom is 0.159 e. The van der Waals surface area contributed by atoms with E-state index in [4.69, 9.17) is 5.73 Å². The van der Waals surface area contributed by atoms with Crippen molar-refractivity contribution in [3.05, 3.63) is 29.3 Å². The van der Waals surface area contributed by atoms with Gasteiger partial charge < -0.3 is 5.73 Å². The topological polar surface area (TPSA) is 56.0 Å². The average Bonchev–Trinajstić information content (AvgIpc) is 2.70. The van der Waals surface area contributed by atoms with Crippen LogP contribution in [0.1, 0.15) is 31.7 Å². The van der Waals surface area contributed by atoms with Crippen molar-refractivity contribution in [2.24, 2.45) is 5.73 Å². The van der Waals surface area contributed by atoms with Crippen LogP contribution in [-0.2, 0) is 11.2 Å². The minimum atomic E-state index is -0.730. The Kier molecular flexibility index (Phi) is 3.78. The fraction of sp³-hybridized carbons (Fsp3) is 0.429. The summed E-state index contributed by atoms with van der Waals surface area (Å²) in [4.78, 5) is 16.6. The van der Waals surface area contributed by atoms with Gasteiger partial charge in [0.1, 0.15) is 5.01 Å². The maximum atomic E-state index is 12.1. The largest absolute Gasteiger partial charge is 0.319 e. The lowest BCUT2D eigenvalue weighted by atomic mass is 9.91. The summed E-state index contributed by atoms with van der Waals surface area (Å²) in [5.74, 6) is 0.0726. The monoisotopic (exact) mass is 262 g/mol. The quantitative estimate of drug-likeness (QED) is 0.901. The number of Topliss-reactive ketones (excluding diaryl/α,β-unsaturated/α-hetero) is 1. The van der Waals surface area contributed by atoms with E-state index in [1.165, 1.54) is 0 Å². The van der Waals surface area contributed by atoms with Crippen molar-refractivity contribution in [1.82, 2.24) is 4.98 Å². The van der Waals surface area contributed by atoms with Crippen molar-refractivity contribution in [2.45, 2.75) is 38.6 Å². The molecule has 2 rings (SSSR count). The number of hydrogen-bond donors (Lipinski definition) is 1. The molecule has 0 radical (unpaired) electrons. The van der Waals surface area contributed by atoms with Crippen LogP contribution in [0.15, 0.2) is 24.3 Å². The van der Waals surface area contributed by atoms with Crippen LogP contribution in [0.5, 0.6) is 0 Å². The minimum Gasteiger partial charge on any atom is -0.319 e. The summed E-state index contributed by atoms with van der Waals surface area (Å²) in [5, 5.41) is 0.856. The summed E-state index contributed by atoms with van der Waals surface area (Å²) in [6.07, 6.45) is 1.97. The van der Waals surface area contributed by atoms with Gasteiger partial charge in [0.15, 0.2) is 5.78 Å². The number of carbonyl (C=O) groups excluding carboxylic acids is 1. The van der Waals surface area contributed by atoms with Gasteiger partial charge in [-0.15, -0.1) is 11.3 Å². The molecule has 3 nitrogen and oxygen atoms in total. The first-order valence-corrected chi connectivity index (χ1v) is 7.01. The van der Waals surface area contributed by atoms with E-state index in [-0.39, 0.29) is 5.78 Å². The van der Waals surface area contributed by atoms with E-state index in [2.05, 4.69) is 4.98 Å². The molecule has 96 valence electrons. The molecule has 0 amide bonds. The predicted octanol–water partition coefficient (Wildman–Crippen LogP) is 2.93. The highest BCUT2D eigenvalue weighted by molar-refractivity contribution is 7.18. The number of aromatic nitrogens is 1. The molecule has 0 aliphatic carbocycles. The number of nitrogens with two attached hydrogens (primary N) is 1. The zero-order chi connectivity index (χ0) is 13.2. The van der Waals surface area contributed by atoms with E-state index < -0.39 is 5.54 Å². The normalized spacial score (nSPS) is 14.6. The summed E-state index contributed by atoms with van der Waals surface area (Å²) in [5.41, 5.74) is 6.27. The first-order valence-electron chi connectivity index (χ1n) is 6.19. The summed E-state index contributed by atoms with van der Waals surface area (Å²) in [6, 6.07) is 7.93. The fourth-order valence-corrected chi connectivity index (χ4v) is 2.96. The molecule has 2 aromatic rings. The van der Waals surface area contributed by atoms with Crippen molar-refractivity contribution in [2.75, 3.05) is 0 Å². The molecule has 0 spiro atoms. The number of ketones is 1. The smallest absolute Gasteiger partial charge is 0.159 e. The second-order valence-electron chi connectivity index (χ2n) is 4.84. The van der Waals surface area contributed by atoms with Crippen molar-refractivity contribution in [1.29, 1.82) is 0 Å². The van der Waals surface area contributed by atoms with Crippen molar-refractivity contribution >= 4 is 27.3 Å². The van der Waals surface area contributed by atoms with Crippen LogP contribution < -0.4 is 5.73 Å². The van der Waals surface area contributed by atoms with E-state index in [9.17, 15) is 4.79 Å². The van der Waals surface area contributed by atoms with E-state index in [0.29, 0.717) is 6.42 Å². The zero-order valence-corrected chi connectivity index (χ0v) is 11.6. The second-order valence-corrected chi connectivity index (χ2v) is 5.96. The maximum absolute atomic E-state index is 12.1. The van der Waals surface area contributed by atoms with Gasteiger partial charge in [-0.2, -0.15) is 0 Å². The van der Waals surface area contributed by atoms with E-state index in [0.717, 1.165) is 28.1 Å². The van der Waals surface area contributed by atoms with Crippen molar-refractivity contribution in [3.8, 4) is 0 Å². The third-order valence-corrected chi connectivity index (χ3v) is 4.09. The molecule has 1 unspecified atom stereocenters. The Morgan fingerprint density at radius 1 is 1.44 bits per heavy atom. The molecule has 0 bridgehead atoms. The summed E-state index contributed by atoms with van der Waals surface area (Å²) in [6.45, 7) is 3.85. The SMILES string of the molecule is CCCC(C)(N)C(=O)Cc1nc2ccccc2s1. The van der Waals surface area contributed by atoms with Crippen LogP contribution in [0.3, 0.4) is 0 Å². The molecule has 4 heteroatoms. The van der Waals surface area contributed by atoms with Gasteiger partial charge in [0.05, 0.1) is 22.2 Å². The Labute approximate surface area is 111 Å². The Morgan fingerprint density at radius 2 is 2.17 bits per heavy atom. The third-order valence-electron chi connectivity index (χ3n) is 3.06. The molecule has 0 saturated heterocycles. The van der Waals surface area contributed by atoms with Crippen LogP contribution in [-0.4, -0.2) is 16.3 Å². The number of thiazole rings is 1. The second kappa shape index (κ2) is 5.16. The average molecular weight is 262 g/mol. The van der Waals surface area contributed by atoms with Gasteiger partial charge in [-0.1, -0.05) is 25.5 Å². The number of benzene rings is 1. The highest BCUT2D eigenvalue weighted by atomic mass is 32.1. The fourth-order valence-electron chi connectivity index (χ4n) is 1.99. The van der Waals surface area contributed by atoms with E-state index in [1.54, 1.807) is 11.3 Å². The lowest BCUT2D eigenvalue weighted by molar-refractivity contribution is -0.123. The standard InChI is InChI=1S/C14H18N2OS/c1-3-8-14(2,15)12(17)9-13-16-10-6-4-5-7-11(10)18-13/h4-7H,3,8-9,15H2,1-2H3. The molecule has 0 fully saturated rings. The van der Waals surface area contributed by atoms with Crippen molar-refractivity contribution in [3.63, 3.8) is 0 Å². The van der Waals surface area contributed by atoms with Crippen LogP contribution >= 0.6 is 11.3 Å². The van der Waals surface area contributed by atoms with Crippen LogP contribution in [0.25, 0.3) is 10.2 Å². The molecule has 2 N–H and O–H groups in total. The Morgan fingerprint density at radius 3 is 2.83 bits per heavy atom. The van der Waals surface area contributed by atoms with Gasteiger partial charge in [0.2, 0.25) is 0 Å². The predicted molar refractivity (Wildman–Crippen MR) is 75.8 cm³/mol. The Balaban J connectivity index is 2.16. The van der Waals surface area contributed by atoms with Crippen molar-refractivity contribution < 1.29 is 4.79 Å². The Bertz CT molecular complexity index is 527. The number of rotatable bonds is 5. The van der Waals surface area contributed by atoms with E-state index in [1.807, 2.05) is 38.1 Å². The Hall–Kier alpha value is -1.26. The van der Waals surface area contributed by atoms with E-state index >= 15 is 0 Å². The minimum absolute atomic E-state index is 0.0726. The molecular formula is C14H18N2OS. The molecule has 18 heavy (non-hydrogen) atoms. The van der Waals surface area contributed by atoms with Crippen LogP contribution in [0, 0.1) is 0 Å². The van der Waals surface area contributed by atoms with Gasteiger partial charge in [-0.05, 0) is 25.5 Å². The van der Waals surface area contributed by atoms with Gasteiger partial charge in [0.25, 0.3) is 0 Å². The third kappa shape index (κ3) is 2.76. The van der Waals surface area contributed by atoms with Crippen LogP contribution in [0.2, 0.25) is 0 Å². The lowest BCUT2D eigenvalue weighted by Crippen LogP contribution is -2.45. The molecule has 1 aromatic carbocycles. The summed E-state index contributed by atoms with van der Waals surface area (Å²) in [7, 11) is 0. The number of carbonyl (C=O) groups is 1. The molecule has 1 aromatic heterocycles. The lowest BCUT2D eigenvalue weighted by Gasteiger charge is -2.21. The summed E-state index contributed by atoms with van der Waals surface area (Å²) < 4.78 is 1.12. The van der Waals surface area contributed by atoms with Gasteiger partial charge >= 0.3 is 0 Å². The number of nitrogens with zero attached hydrogens (tertiary/aromatic N) is 1. The number of fused-ring (bicyclic) bond motifs is 1. The van der Waals surface area contributed by atoms with Gasteiger partial charge in [-0.3, -0.25) is 4.79 Å². The molecule has 0 saturated carbocycles. The number of hydrogen-bond acceptors (Lipinski definition) is 4. The molecule has 0 aliphatic rings. The molecule has 0 aliphatic heterocycles. The molecule has 1 atom stereocenters. The van der Waals surface area contributed by atoms with Gasteiger partial charge in [-0.25, -0.2) is 4.98 Å². The summed E-state index contributed by atoms with van der Waals surface area (Å²) >= 11 is 1.57. The highest BCUT2D eigenvalue weighted by Crippen LogP contribution is 2.23. The van der Waals surface area contributed by atoms with Crippen LogP contribution in [0.4, 0.5) is 0 Å². The number of para-hydroxylation sites is 1. The molecule has 1 heterocycles. The van der Waals surface area contributed by atoms with Gasteiger partial charge in [0, 0.05) is 0 Å². The molecular weight excluding hydrogens is 244 g/mol. The highest BCUT2D eigenvalue weighted by Gasteiger charge is 2.27. The zero-order valence-electron chi connectivity index (χ0n) is 10.8.